The number of hydrogen-bond acceptors (Lipinski definition) is 5. The summed E-state index contributed by atoms with van der Waals surface area (Å²) in [5, 5.41) is 30.0. The van der Waals surface area contributed by atoms with Crippen LogP contribution in [0, 0.1) is 23.2 Å². The van der Waals surface area contributed by atoms with E-state index in [2.05, 4.69) is 20.4 Å². The van der Waals surface area contributed by atoms with Crippen molar-refractivity contribution in [1.29, 1.82) is 0 Å². The molecule has 0 aliphatic heterocycles. The molecular weight excluding hydrogens is 396 g/mol. The number of ether oxygens (including phenoxy) is 1. The normalized spacial score (nSPS) is 31.9. The standard InChI is InChI=1S/C25H38O6/c1-6-7-8-15(2)11-16(3)24(30)31-22-10-9-19(23(28)29)25(5)13-18(17(4)14-26)21(27)12-20(22)25/h11-12,15,18-19,21-22,26-27H,4,6-10,13-14H2,1-3,5H3,(H,28,29)/b16-11-/t15?,18-,19+,21?,22+,25+/m0/s1. The lowest BCUT2D eigenvalue weighted by molar-refractivity contribution is -0.152. The summed E-state index contributed by atoms with van der Waals surface area (Å²) in [6.07, 6.45) is 6.44. The van der Waals surface area contributed by atoms with Crippen molar-refractivity contribution in [1.82, 2.24) is 0 Å². The van der Waals surface area contributed by atoms with Crippen LogP contribution in [-0.2, 0) is 14.3 Å². The third kappa shape index (κ3) is 5.66. The van der Waals surface area contributed by atoms with Gasteiger partial charge >= 0.3 is 11.9 Å². The van der Waals surface area contributed by atoms with Crippen LogP contribution in [0.2, 0.25) is 0 Å². The van der Waals surface area contributed by atoms with E-state index in [1.165, 1.54) is 0 Å². The van der Waals surface area contributed by atoms with Crippen molar-refractivity contribution in [2.45, 2.75) is 78.4 Å². The molecule has 0 bridgehead atoms. The number of carbonyl (C=O) groups is 2. The van der Waals surface area contributed by atoms with Gasteiger partial charge in [0.25, 0.3) is 0 Å². The SMILES string of the molecule is C=C(CO)[C@@H]1C[C@@]2(C)C(=CC1O)[C@H](OC(=O)/C(C)=C\C(C)CCCC)CC[C@@H]2C(=O)O. The van der Waals surface area contributed by atoms with Crippen LogP contribution in [0.4, 0.5) is 0 Å². The minimum absolute atomic E-state index is 0.267. The van der Waals surface area contributed by atoms with Gasteiger partial charge < -0.3 is 20.1 Å². The summed E-state index contributed by atoms with van der Waals surface area (Å²) in [5.41, 5.74) is 0.908. The van der Waals surface area contributed by atoms with E-state index in [4.69, 9.17) is 4.74 Å². The van der Waals surface area contributed by atoms with Crippen molar-refractivity contribution in [2.24, 2.45) is 23.2 Å². The Labute approximate surface area is 185 Å². The second kappa shape index (κ2) is 10.6. The number of carboxylic acid groups (broad SMARTS) is 1. The molecule has 0 aromatic heterocycles. The first-order chi connectivity index (χ1) is 14.5. The number of fused-ring (bicyclic) bond motifs is 1. The first-order valence-corrected chi connectivity index (χ1v) is 11.4. The van der Waals surface area contributed by atoms with Gasteiger partial charge in [0.1, 0.15) is 6.10 Å². The van der Waals surface area contributed by atoms with E-state index in [0.717, 1.165) is 19.3 Å². The lowest BCUT2D eigenvalue weighted by Crippen LogP contribution is -2.50. The minimum atomic E-state index is -0.901. The van der Waals surface area contributed by atoms with Crippen molar-refractivity contribution < 1.29 is 29.6 Å². The Morgan fingerprint density at radius 1 is 1.39 bits per heavy atom. The highest BCUT2D eigenvalue weighted by atomic mass is 16.5. The first kappa shape index (κ1) is 25.3. The van der Waals surface area contributed by atoms with E-state index in [0.29, 0.717) is 36.0 Å². The van der Waals surface area contributed by atoms with Crippen molar-refractivity contribution >= 4 is 11.9 Å². The van der Waals surface area contributed by atoms with Crippen LogP contribution < -0.4 is 0 Å². The van der Waals surface area contributed by atoms with Gasteiger partial charge in [0.15, 0.2) is 0 Å². The van der Waals surface area contributed by atoms with E-state index in [-0.39, 0.29) is 12.5 Å². The summed E-state index contributed by atoms with van der Waals surface area (Å²) < 4.78 is 5.84. The van der Waals surface area contributed by atoms with Crippen LogP contribution in [0.1, 0.15) is 66.2 Å². The number of carbonyl (C=O) groups excluding carboxylic acids is 1. The molecule has 2 rings (SSSR count). The Hall–Kier alpha value is -1.92. The maximum absolute atomic E-state index is 12.8. The number of carboxylic acids is 1. The molecule has 6 nitrogen and oxygen atoms in total. The Morgan fingerprint density at radius 2 is 2.06 bits per heavy atom. The zero-order valence-corrected chi connectivity index (χ0v) is 19.3. The molecule has 2 aliphatic rings. The van der Waals surface area contributed by atoms with Crippen LogP contribution in [0.25, 0.3) is 0 Å². The zero-order chi connectivity index (χ0) is 23.3. The van der Waals surface area contributed by atoms with Crippen molar-refractivity contribution in [3.8, 4) is 0 Å². The summed E-state index contributed by atoms with van der Waals surface area (Å²) in [6, 6.07) is 0. The second-order valence-electron chi connectivity index (χ2n) is 9.49. The fraction of sp³-hybridized carbons (Fsp3) is 0.680. The zero-order valence-electron chi connectivity index (χ0n) is 19.3. The van der Waals surface area contributed by atoms with Crippen LogP contribution >= 0.6 is 0 Å². The number of rotatable bonds is 9. The predicted octanol–water partition coefficient (Wildman–Crippen LogP) is 4.03. The van der Waals surface area contributed by atoms with Crippen LogP contribution in [0.3, 0.4) is 0 Å². The molecule has 0 saturated heterocycles. The van der Waals surface area contributed by atoms with E-state index in [1.807, 2.05) is 13.0 Å². The summed E-state index contributed by atoms with van der Waals surface area (Å²) in [5.74, 6) is -2.11. The molecule has 2 unspecified atom stereocenters. The lowest BCUT2D eigenvalue weighted by atomic mass is 9.56. The number of hydrogen-bond donors (Lipinski definition) is 3. The number of aliphatic carboxylic acids is 1. The molecule has 1 saturated carbocycles. The Bertz CT molecular complexity index is 751. The summed E-state index contributed by atoms with van der Waals surface area (Å²) in [6.45, 7) is 11.4. The number of unbranched alkanes of at least 4 members (excludes halogenated alkanes) is 1. The molecule has 0 aromatic rings. The van der Waals surface area contributed by atoms with E-state index in [9.17, 15) is 24.9 Å². The maximum atomic E-state index is 12.8. The van der Waals surface area contributed by atoms with Gasteiger partial charge in [-0.25, -0.2) is 4.79 Å². The van der Waals surface area contributed by atoms with Crippen LogP contribution in [0.15, 0.2) is 35.5 Å². The molecule has 0 heterocycles. The molecule has 0 aromatic carbocycles. The Kier molecular flexibility index (Phi) is 8.66. The van der Waals surface area contributed by atoms with Gasteiger partial charge in [-0.15, -0.1) is 0 Å². The van der Waals surface area contributed by atoms with E-state index >= 15 is 0 Å². The maximum Gasteiger partial charge on any atom is 0.333 e. The van der Waals surface area contributed by atoms with E-state index in [1.54, 1.807) is 13.0 Å². The number of aliphatic hydroxyl groups excluding tert-OH is 2. The summed E-state index contributed by atoms with van der Waals surface area (Å²) in [7, 11) is 0. The molecule has 0 amide bonds. The van der Waals surface area contributed by atoms with Gasteiger partial charge in [0.2, 0.25) is 0 Å². The fourth-order valence-electron chi connectivity index (χ4n) is 5.14. The highest BCUT2D eigenvalue weighted by Gasteiger charge is 2.53. The van der Waals surface area contributed by atoms with Gasteiger partial charge in [0.05, 0.1) is 18.6 Å². The van der Waals surface area contributed by atoms with Crippen LogP contribution in [-0.4, -0.2) is 46.1 Å². The molecular formula is C25H38O6. The monoisotopic (exact) mass is 434 g/mol. The third-order valence-corrected chi connectivity index (χ3v) is 7.04. The van der Waals surface area contributed by atoms with Gasteiger partial charge in [-0.1, -0.05) is 52.3 Å². The molecule has 1 fully saturated rings. The van der Waals surface area contributed by atoms with Crippen molar-refractivity contribution in [3.63, 3.8) is 0 Å². The third-order valence-electron chi connectivity index (χ3n) is 7.04. The molecule has 0 spiro atoms. The number of aliphatic hydroxyl groups is 2. The predicted molar refractivity (Wildman–Crippen MR) is 119 cm³/mol. The molecule has 6 heteroatoms. The summed E-state index contributed by atoms with van der Waals surface area (Å²) in [4.78, 5) is 24.8. The second-order valence-corrected chi connectivity index (χ2v) is 9.49. The molecule has 3 N–H and O–H groups in total. The van der Waals surface area contributed by atoms with Gasteiger partial charge in [-0.2, -0.15) is 0 Å². The smallest absolute Gasteiger partial charge is 0.333 e. The van der Waals surface area contributed by atoms with Crippen molar-refractivity contribution in [3.05, 3.63) is 35.5 Å². The Balaban J connectivity index is 2.28. The minimum Gasteiger partial charge on any atom is -0.481 e. The quantitative estimate of drug-likeness (QED) is 0.288. The number of esters is 1. The van der Waals surface area contributed by atoms with Gasteiger partial charge in [-0.05, 0) is 49.7 Å². The molecule has 2 aliphatic carbocycles. The molecule has 174 valence electrons. The molecule has 31 heavy (non-hydrogen) atoms. The molecule has 6 atom stereocenters. The van der Waals surface area contributed by atoms with Crippen molar-refractivity contribution in [2.75, 3.05) is 6.61 Å². The first-order valence-electron chi connectivity index (χ1n) is 11.4. The topological polar surface area (TPSA) is 104 Å². The fourth-order valence-corrected chi connectivity index (χ4v) is 5.14. The highest BCUT2D eigenvalue weighted by molar-refractivity contribution is 5.88. The van der Waals surface area contributed by atoms with Gasteiger partial charge in [0, 0.05) is 16.9 Å². The average Bonchev–Trinajstić information content (AvgIpc) is 2.71. The average molecular weight is 435 g/mol. The molecule has 0 radical (unpaired) electrons. The van der Waals surface area contributed by atoms with E-state index < -0.39 is 41.4 Å². The lowest BCUT2D eigenvalue weighted by Gasteiger charge is -2.50. The highest BCUT2D eigenvalue weighted by Crippen LogP contribution is 2.54. The van der Waals surface area contributed by atoms with Crippen LogP contribution in [0.5, 0.6) is 0 Å². The Morgan fingerprint density at radius 3 is 2.65 bits per heavy atom. The van der Waals surface area contributed by atoms with Gasteiger partial charge in [-0.3, -0.25) is 4.79 Å². The largest absolute Gasteiger partial charge is 0.481 e. The summed E-state index contributed by atoms with van der Waals surface area (Å²) >= 11 is 0. The number of allylic oxidation sites excluding steroid dienone is 1.